The predicted molar refractivity (Wildman–Crippen MR) is 76.4 cm³/mol. The molecule has 2 nitrogen and oxygen atoms in total. The molecule has 3 aromatic carbocycles. The molecule has 3 rings (SSSR count). The number of aliphatic hydroxyl groups is 1. The van der Waals surface area contributed by atoms with E-state index in [1.807, 2.05) is 54.6 Å². The highest BCUT2D eigenvalue weighted by atomic mass is 16.5. The van der Waals surface area contributed by atoms with E-state index in [2.05, 4.69) is 12.1 Å². The summed E-state index contributed by atoms with van der Waals surface area (Å²) >= 11 is 0. The summed E-state index contributed by atoms with van der Waals surface area (Å²) in [6.07, 6.45) is 0. The molecule has 0 aliphatic carbocycles. The molecule has 0 aromatic heterocycles. The SMILES string of the molecule is OCc1ccc(Oc2cccc3ccccc23)cc1. The van der Waals surface area contributed by atoms with E-state index >= 15 is 0 Å². The van der Waals surface area contributed by atoms with Gasteiger partial charge in [-0.15, -0.1) is 0 Å². The van der Waals surface area contributed by atoms with E-state index in [0.717, 1.165) is 27.8 Å². The van der Waals surface area contributed by atoms with Crippen LogP contribution in [0, 0.1) is 0 Å². The second kappa shape index (κ2) is 5.12. The maximum Gasteiger partial charge on any atom is 0.135 e. The van der Waals surface area contributed by atoms with Gasteiger partial charge in [0.1, 0.15) is 11.5 Å². The van der Waals surface area contributed by atoms with Crippen LogP contribution in [0.4, 0.5) is 0 Å². The van der Waals surface area contributed by atoms with Crippen LogP contribution >= 0.6 is 0 Å². The fourth-order valence-electron chi connectivity index (χ4n) is 2.07. The molecule has 3 aromatic rings. The second-order valence-corrected chi connectivity index (χ2v) is 4.38. The van der Waals surface area contributed by atoms with E-state index in [4.69, 9.17) is 9.84 Å². The third-order valence-electron chi connectivity index (χ3n) is 3.08. The third kappa shape index (κ3) is 2.44. The van der Waals surface area contributed by atoms with Gasteiger partial charge >= 0.3 is 0 Å². The lowest BCUT2D eigenvalue weighted by molar-refractivity contribution is 0.281. The summed E-state index contributed by atoms with van der Waals surface area (Å²) in [5, 5.41) is 11.3. The number of fused-ring (bicyclic) bond motifs is 1. The molecule has 0 radical (unpaired) electrons. The molecular weight excluding hydrogens is 236 g/mol. The molecule has 19 heavy (non-hydrogen) atoms. The van der Waals surface area contributed by atoms with Crippen LogP contribution in [0.1, 0.15) is 5.56 Å². The van der Waals surface area contributed by atoms with Gasteiger partial charge in [0.2, 0.25) is 0 Å². The number of benzene rings is 3. The standard InChI is InChI=1S/C17H14O2/c18-12-13-8-10-15(11-9-13)19-17-7-3-5-14-4-1-2-6-16(14)17/h1-11,18H,12H2. The Labute approximate surface area is 111 Å². The van der Waals surface area contributed by atoms with Crippen molar-refractivity contribution in [3.63, 3.8) is 0 Å². The fourth-order valence-corrected chi connectivity index (χ4v) is 2.07. The molecule has 0 aliphatic rings. The van der Waals surface area contributed by atoms with Crippen molar-refractivity contribution in [1.29, 1.82) is 0 Å². The average Bonchev–Trinajstić information content (AvgIpc) is 2.48. The van der Waals surface area contributed by atoms with Gasteiger partial charge in [-0.3, -0.25) is 0 Å². The molecule has 0 aliphatic heterocycles. The summed E-state index contributed by atoms with van der Waals surface area (Å²) in [6.45, 7) is 0.0501. The Kier molecular flexibility index (Phi) is 3.17. The molecule has 1 N–H and O–H groups in total. The van der Waals surface area contributed by atoms with Crippen LogP contribution in [0.15, 0.2) is 66.7 Å². The lowest BCUT2D eigenvalue weighted by Gasteiger charge is -2.09. The van der Waals surface area contributed by atoms with Gasteiger partial charge in [-0.05, 0) is 29.1 Å². The molecular formula is C17H14O2. The van der Waals surface area contributed by atoms with Crippen LogP contribution in [0.2, 0.25) is 0 Å². The van der Waals surface area contributed by atoms with Crippen LogP contribution in [-0.2, 0) is 6.61 Å². The maximum absolute atomic E-state index is 9.02. The number of hydrogen-bond acceptors (Lipinski definition) is 2. The number of ether oxygens (including phenoxy) is 1. The highest BCUT2D eigenvalue weighted by molar-refractivity contribution is 5.88. The van der Waals surface area contributed by atoms with Gasteiger partial charge in [0.15, 0.2) is 0 Å². The normalized spacial score (nSPS) is 10.6. The van der Waals surface area contributed by atoms with Crippen LogP contribution < -0.4 is 4.74 Å². The Balaban J connectivity index is 1.96. The minimum atomic E-state index is 0.0501. The van der Waals surface area contributed by atoms with Crippen molar-refractivity contribution in [3.8, 4) is 11.5 Å². The first-order chi connectivity index (χ1) is 9.36. The smallest absolute Gasteiger partial charge is 0.135 e. The highest BCUT2D eigenvalue weighted by Crippen LogP contribution is 2.29. The lowest BCUT2D eigenvalue weighted by Crippen LogP contribution is -1.87. The van der Waals surface area contributed by atoms with Gasteiger partial charge in [0.05, 0.1) is 6.61 Å². The van der Waals surface area contributed by atoms with Gasteiger partial charge in [0.25, 0.3) is 0 Å². The molecule has 0 fully saturated rings. The summed E-state index contributed by atoms with van der Waals surface area (Å²) in [5.74, 6) is 1.61. The van der Waals surface area contributed by atoms with E-state index < -0.39 is 0 Å². The van der Waals surface area contributed by atoms with E-state index in [1.165, 1.54) is 0 Å². The van der Waals surface area contributed by atoms with Crippen LogP contribution in [0.3, 0.4) is 0 Å². The van der Waals surface area contributed by atoms with E-state index in [1.54, 1.807) is 0 Å². The molecule has 0 bridgehead atoms. The molecule has 94 valence electrons. The molecule has 0 atom stereocenters. The highest BCUT2D eigenvalue weighted by Gasteiger charge is 2.02. The van der Waals surface area contributed by atoms with Crippen LogP contribution in [0.5, 0.6) is 11.5 Å². The molecule has 0 amide bonds. The Morgan fingerprint density at radius 1 is 0.789 bits per heavy atom. The first kappa shape index (κ1) is 11.8. The van der Waals surface area contributed by atoms with Crippen LogP contribution in [0.25, 0.3) is 10.8 Å². The van der Waals surface area contributed by atoms with Crippen molar-refractivity contribution in [1.82, 2.24) is 0 Å². The van der Waals surface area contributed by atoms with Crippen molar-refractivity contribution < 1.29 is 9.84 Å². The van der Waals surface area contributed by atoms with Crippen molar-refractivity contribution in [2.45, 2.75) is 6.61 Å². The molecule has 0 saturated carbocycles. The van der Waals surface area contributed by atoms with E-state index in [0.29, 0.717) is 0 Å². The Hall–Kier alpha value is -2.32. The second-order valence-electron chi connectivity index (χ2n) is 4.38. The third-order valence-corrected chi connectivity index (χ3v) is 3.08. The Bertz CT molecular complexity index is 682. The minimum Gasteiger partial charge on any atom is -0.457 e. The number of aliphatic hydroxyl groups excluding tert-OH is 1. The molecule has 0 unspecified atom stereocenters. The summed E-state index contributed by atoms with van der Waals surface area (Å²) in [7, 11) is 0. The van der Waals surface area contributed by atoms with Crippen LogP contribution in [-0.4, -0.2) is 5.11 Å². The van der Waals surface area contributed by atoms with Crippen molar-refractivity contribution in [2.24, 2.45) is 0 Å². The van der Waals surface area contributed by atoms with Gasteiger partial charge in [-0.2, -0.15) is 0 Å². The summed E-state index contributed by atoms with van der Waals surface area (Å²) < 4.78 is 5.91. The van der Waals surface area contributed by atoms with Gasteiger partial charge in [-0.25, -0.2) is 0 Å². The molecule has 2 heteroatoms. The zero-order chi connectivity index (χ0) is 13.1. The molecule has 0 heterocycles. The monoisotopic (exact) mass is 250 g/mol. The summed E-state index contributed by atoms with van der Waals surface area (Å²) in [5.41, 5.74) is 0.880. The topological polar surface area (TPSA) is 29.5 Å². The first-order valence-electron chi connectivity index (χ1n) is 6.22. The lowest BCUT2D eigenvalue weighted by atomic mass is 10.1. The summed E-state index contributed by atoms with van der Waals surface area (Å²) in [4.78, 5) is 0. The van der Waals surface area contributed by atoms with Crippen molar-refractivity contribution >= 4 is 10.8 Å². The van der Waals surface area contributed by atoms with Gasteiger partial charge in [0, 0.05) is 5.39 Å². The minimum absolute atomic E-state index is 0.0501. The van der Waals surface area contributed by atoms with Gasteiger partial charge < -0.3 is 9.84 Å². The molecule has 0 saturated heterocycles. The quantitative estimate of drug-likeness (QED) is 0.757. The van der Waals surface area contributed by atoms with E-state index in [-0.39, 0.29) is 6.61 Å². The van der Waals surface area contributed by atoms with Crippen molar-refractivity contribution in [2.75, 3.05) is 0 Å². The average molecular weight is 250 g/mol. The predicted octanol–water partition coefficient (Wildman–Crippen LogP) is 4.12. The zero-order valence-electron chi connectivity index (χ0n) is 10.4. The largest absolute Gasteiger partial charge is 0.457 e. The number of rotatable bonds is 3. The fraction of sp³-hybridized carbons (Fsp3) is 0.0588. The van der Waals surface area contributed by atoms with Crippen molar-refractivity contribution in [3.05, 3.63) is 72.3 Å². The van der Waals surface area contributed by atoms with E-state index in [9.17, 15) is 0 Å². The molecule has 0 spiro atoms. The zero-order valence-corrected chi connectivity index (χ0v) is 10.4. The Morgan fingerprint density at radius 2 is 1.53 bits per heavy atom. The maximum atomic E-state index is 9.02. The number of hydrogen-bond donors (Lipinski definition) is 1. The Morgan fingerprint density at radius 3 is 2.32 bits per heavy atom. The van der Waals surface area contributed by atoms with Gasteiger partial charge in [-0.1, -0.05) is 48.5 Å². The summed E-state index contributed by atoms with van der Waals surface area (Å²) in [6, 6.07) is 21.6. The first-order valence-corrected chi connectivity index (χ1v) is 6.22.